The van der Waals surface area contributed by atoms with E-state index in [1.165, 1.54) is 0 Å². The van der Waals surface area contributed by atoms with Gasteiger partial charge in [-0.1, -0.05) is 0 Å². The first kappa shape index (κ1) is 15.2. The molecular weight excluding hydrogens is 242 g/mol. The van der Waals surface area contributed by atoms with Gasteiger partial charge in [-0.3, -0.25) is 9.80 Å². The molecule has 2 rings (SSSR count). The van der Waals surface area contributed by atoms with Gasteiger partial charge >= 0.3 is 0 Å². The van der Waals surface area contributed by atoms with Gasteiger partial charge in [0, 0.05) is 32.2 Å². The van der Waals surface area contributed by atoms with Gasteiger partial charge in [0.05, 0.1) is 31.6 Å². The van der Waals surface area contributed by atoms with Crippen LogP contribution in [0.25, 0.3) is 0 Å². The second-order valence-corrected chi connectivity index (χ2v) is 5.82. The first-order valence-electron chi connectivity index (χ1n) is 7.36. The number of morpholine rings is 2. The molecule has 4 atom stereocenters. The van der Waals surface area contributed by atoms with Crippen molar-refractivity contribution in [2.75, 3.05) is 39.4 Å². The molecule has 2 heterocycles. The Balaban J connectivity index is 1.80. The van der Waals surface area contributed by atoms with E-state index >= 15 is 0 Å². The molecule has 5 nitrogen and oxygen atoms in total. The monoisotopic (exact) mass is 270 g/mol. The van der Waals surface area contributed by atoms with Crippen LogP contribution in [0.3, 0.4) is 0 Å². The fourth-order valence-corrected chi connectivity index (χ4v) is 3.01. The smallest absolute Gasteiger partial charge is 0.0678 e. The average Bonchev–Trinajstić information content (AvgIpc) is 2.38. The van der Waals surface area contributed by atoms with E-state index in [-0.39, 0.29) is 24.4 Å². The minimum atomic E-state index is 0.0687. The zero-order valence-corrected chi connectivity index (χ0v) is 12.3. The highest BCUT2D eigenvalue weighted by atomic mass is 16.5. The van der Waals surface area contributed by atoms with Crippen LogP contribution in [0, 0.1) is 6.92 Å². The van der Waals surface area contributed by atoms with Crippen LogP contribution < -0.4 is 5.73 Å². The van der Waals surface area contributed by atoms with E-state index in [0.717, 1.165) is 45.8 Å². The van der Waals surface area contributed by atoms with Crippen LogP contribution in [0.5, 0.6) is 0 Å². The summed E-state index contributed by atoms with van der Waals surface area (Å²) in [4.78, 5) is 4.70. The molecule has 2 N–H and O–H groups in total. The molecule has 0 aromatic carbocycles. The predicted octanol–water partition coefficient (Wildman–Crippen LogP) is 0.305. The normalized spacial score (nSPS) is 34.1. The Kier molecular flexibility index (Phi) is 5.59. The Labute approximate surface area is 117 Å². The lowest BCUT2D eigenvalue weighted by molar-refractivity contribution is -0.0830. The lowest BCUT2D eigenvalue weighted by Gasteiger charge is -2.41. The summed E-state index contributed by atoms with van der Waals surface area (Å²) in [5.41, 5.74) is 6.35. The molecule has 19 heavy (non-hydrogen) atoms. The molecule has 0 saturated carbocycles. The predicted molar refractivity (Wildman–Crippen MR) is 75.7 cm³/mol. The van der Waals surface area contributed by atoms with Crippen molar-refractivity contribution < 1.29 is 9.47 Å². The molecular formula is C14H28N3O2. The number of nitrogens with two attached hydrogens (primary N) is 1. The number of nitrogens with zero attached hydrogens (tertiary/aromatic N) is 2. The van der Waals surface area contributed by atoms with Crippen molar-refractivity contribution in [2.45, 2.75) is 44.7 Å². The van der Waals surface area contributed by atoms with Crippen LogP contribution in [0.2, 0.25) is 0 Å². The molecule has 2 aliphatic heterocycles. The minimum absolute atomic E-state index is 0.0687. The highest BCUT2D eigenvalue weighted by Gasteiger charge is 2.28. The van der Waals surface area contributed by atoms with Crippen LogP contribution in [0.4, 0.5) is 0 Å². The number of ether oxygens (including phenoxy) is 2. The first-order chi connectivity index (χ1) is 9.06. The molecule has 0 bridgehead atoms. The van der Waals surface area contributed by atoms with Crippen molar-refractivity contribution in [1.82, 2.24) is 9.80 Å². The zero-order chi connectivity index (χ0) is 13.8. The molecule has 2 aliphatic rings. The van der Waals surface area contributed by atoms with Crippen molar-refractivity contribution in [3.8, 4) is 0 Å². The molecule has 1 radical (unpaired) electrons. The topological polar surface area (TPSA) is 51.0 Å². The minimum Gasteiger partial charge on any atom is -0.379 e. The number of rotatable bonds is 4. The Morgan fingerprint density at radius 1 is 1.16 bits per heavy atom. The summed E-state index contributed by atoms with van der Waals surface area (Å²) in [6, 6.07) is 0.271. The summed E-state index contributed by atoms with van der Waals surface area (Å²) in [5, 5.41) is 0. The molecule has 0 aromatic heterocycles. The summed E-state index contributed by atoms with van der Waals surface area (Å²) in [7, 11) is 0. The first-order valence-corrected chi connectivity index (χ1v) is 7.36. The number of hydrogen-bond donors (Lipinski definition) is 1. The van der Waals surface area contributed by atoms with Crippen molar-refractivity contribution in [3.05, 3.63) is 6.92 Å². The summed E-state index contributed by atoms with van der Waals surface area (Å²) >= 11 is 0. The van der Waals surface area contributed by atoms with Crippen molar-refractivity contribution in [1.29, 1.82) is 0 Å². The summed E-state index contributed by atoms with van der Waals surface area (Å²) in [5.74, 6) is 0. The largest absolute Gasteiger partial charge is 0.379 e. The Morgan fingerprint density at radius 3 is 2.32 bits per heavy atom. The third kappa shape index (κ3) is 4.39. The van der Waals surface area contributed by atoms with Gasteiger partial charge in [0.1, 0.15) is 0 Å². The van der Waals surface area contributed by atoms with Crippen LogP contribution >= 0.6 is 0 Å². The van der Waals surface area contributed by atoms with Gasteiger partial charge in [-0.25, -0.2) is 0 Å². The van der Waals surface area contributed by atoms with Gasteiger partial charge in [0.2, 0.25) is 0 Å². The Morgan fingerprint density at radius 2 is 1.74 bits per heavy atom. The van der Waals surface area contributed by atoms with Crippen molar-refractivity contribution >= 4 is 0 Å². The maximum Gasteiger partial charge on any atom is 0.0678 e. The van der Waals surface area contributed by atoms with E-state index in [9.17, 15) is 0 Å². The zero-order valence-electron chi connectivity index (χ0n) is 12.3. The maximum atomic E-state index is 6.35. The highest BCUT2D eigenvalue weighted by molar-refractivity contribution is 4.83. The van der Waals surface area contributed by atoms with E-state index in [1.54, 1.807) is 0 Å². The van der Waals surface area contributed by atoms with Gasteiger partial charge in [-0.2, -0.15) is 0 Å². The van der Waals surface area contributed by atoms with Gasteiger partial charge in [-0.15, -0.1) is 0 Å². The third-order valence-electron chi connectivity index (χ3n) is 3.99. The Hall–Kier alpha value is -0.200. The van der Waals surface area contributed by atoms with Crippen LogP contribution in [-0.2, 0) is 9.47 Å². The van der Waals surface area contributed by atoms with Crippen molar-refractivity contribution in [2.24, 2.45) is 5.73 Å². The summed E-state index contributed by atoms with van der Waals surface area (Å²) < 4.78 is 11.1. The lowest BCUT2D eigenvalue weighted by Crippen LogP contribution is -2.55. The molecule has 2 fully saturated rings. The van der Waals surface area contributed by atoms with Crippen molar-refractivity contribution in [3.63, 3.8) is 0 Å². The highest BCUT2D eigenvalue weighted by Crippen LogP contribution is 2.16. The molecule has 111 valence electrons. The third-order valence-corrected chi connectivity index (χ3v) is 3.99. The molecule has 0 amide bonds. The van der Waals surface area contributed by atoms with Gasteiger partial charge < -0.3 is 15.2 Å². The lowest BCUT2D eigenvalue weighted by atomic mass is 10.1. The molecule has 5 heteroatoms. The second kappa shape index (κ2) is 6.99. The fourth-order valence-electron chi connectivity index (χ4n) is 3.01. The van der Waals surface area contributed by atoms with Crippen LogP contribution in [0.1, 0.15) is 20.3 Å². The van der Waals surface area contributed by atoms with E-state index in [1.807, 2.05) is 0 Å². The van der Waals surface area contributed by atoms with Crippen LogP contribution in [0.15, 0.2) is 0 Å². The molecule has 2 saturated heterocycles. The molecule has 0 spiro atoms. The Bertz CT molecular complexity index is 261. The fraction of sp³-hybridized carbons (Fsp3) is 0.929. The van der Waals surface area contributed by atoms with Gasteiger partial charge in [0.25, 0.3) is 0 Å². The van der Waals surface area contributed by atoms with Gasteiger partial charge in [-0.05, 0) is 27.2 Å². The van der Waals surface area contributed by atoms with Gasteiger partial charge in [0.15, 0.2) is 0 Å². The van der Waals surface area contributed by atoms with E-state index in [0.29, 0.717) is 0 Å². The van der Waals surface area contributed by atoms with E-state index in [4.69, 9.17) is 15.2 Å². The van der Waals surface area contributed by atoms with E-state index in [2.05, 4.69) is 30.6 Å². The molecule has 0 aromatic rings. The van der Waals surface area contributed by atoms with E-state index < -0.39 is 0 Å². The summed E-state index contributed by atoms with van der Waals surface area (Å²) in [6.45, 7) is 13.9. The maximum absolute atomic E-state index is 6.35. The second-order valence-electron chi connectivity index (χ2n) is 5.82. The SMILES string of the molecule is [CH2]C(CC(N)N1CC(C)OC(C)C1)N1CCOCC1. The average molecular weight is 270 g/mol. The standard InChI is InChI=1S/C14H28N3O2/c1-11(16-4-6-18-7-5-16)8-14(15)17-9-12(2)19-13(3)10-17/h11-14H,1,4-10,15H2,2-3H3. The summed E-state index contributed by atoms with van der Waals surface area (Å²) in [6.07, 6.45) is 1.50. The quantitative estimate of drug-likeness (QED) is 0.796. The van der Waals surface area contributed by atoms with Crippen LogP contribution in [-0.4, -0.2) is 73.6 Å². The molecule has 0 aliphatic carbocycles. The molecule has 4 unspecified atom stereocenters. The number of hydrogen-bond acceptors (Lipinski definition) is 5.